The molecule has 3 rings (SSSR count). The maximum Gasteiger partial charge on any atom is 0.279 e. The number of unbranched alkanes of at least 4 members (excludes halogenated alkanes) is 1. The lowest BCUT2D eigenvalue weighted by Crippen LogP contribution is -2.44. The highest BCUT2D eigenvalue weighted by Gasteiger charge is 2.40. The van der Waals surface area contributed by atoms with Crippen LogP contribution in [-0.2, 0) is 4.79 Å². The molecule has 2 N–H and O–H groups in total. The van der Waals surface area contributed by atoms with Gasteiger partial charge in [0.25, 0.3) is 11.8 Å². The molecule has 0 aromatic heterocycles. The third-order valence-electron chi connectivity index (χ3n) is 4.30. The number of benzene rings is 2. The molecule has 0 aliphatic carbocycles. The number of carbonyl (C=O) groups is 2. The Labute approximate surface area is 168 Å². The van der Waals surface area contributed by atoms with E-state index in [1.54, 1.807) is 19.2 Å². The molecule has 1 atom stereocenters. The quantitative estimate of drug-likeness (QED) is 0.719. The predicted molar refractivity (Wildman–Crippen MR) is 109 cm³/mol. The molecule has 2 aromatic carbocycles. The van der Waals surface area contributed by atoms with E-state index in [0.29, 0.717) is 10.7 Å². The maximum atomic E-state index is 13.0. The van der Waals surface area contributed by atoms with E-state index in [4.69, 9.17) is 4.74 Å². The van der Waals surface area contributed by atoms with E-state index in [1.807, 2.05) is 37.3 Å². The Morgan fingerprint density at radius 2 is 1.96 bits per heavy atom. The molecule has 2 aromatic rings. The monoisotopic (exact) mass is 398 g/mol. The number of amides is 2. The Morgan fingerprint density at radius 3 is 2.68 bits per heavy atom. The highest BCUT2D eigenvalue weighted by atomic mass is 32.2. The number of hydrogen-bond acceptors (Lipinski definition) is 5. The van der Waals surface area contributed by atoms with Crippen molar-refractivity contribution in [1.29, 1.82) is 0 Å². The molecule has 2 amide bonds. The number of hydrazine groups is 1. The molecule has 1 unspecified atom stereocenters. The van der Waals surface area contributed by atoms with Crippen LogP contribution in [0.5, 0.6) is 11.5 Å². The molecule has 1 saturated heterocycles. The van der Waals surface area contributed by atoms with E-state index in [1.165, 1.54) is 28.9 Å². The lowest BCUT2D eigenvalue weighted by molar-refractivity contribution is -0.128. The number of nitrogens with one attached hydrogen (secondary N) is 1. The number of rotatable bonds is 6. The first-order valence-corrected chi connectivity index (χ1v) is 9.87. The van der Waals surface area contributed by atoms with Crippen LogP contribution in [0.1, 0.15) is 41.1 Å². The Kier molecular flexibility index (Phi) is 6.26. The third-order valence-corrected chi connectivity index (χ3v) is 5.58. The van der Waals surface area contributed by atoms with E-state index in [-0.39, 0.29) is 17.2 Å². The van der Waals surface area contributed by atoms with Crippen molar-refractivity contribution < 1.29 is 19.4 Å². The number of methoxy groups -OCH3 is 1. The molecule has 6 nitrogen and oxygen atoms in total. The minimum absolute atomic E-state index is 0.102. The van der Waals surface area contributed by atoms with Gasteiger partial charge in [-0.3, -0.25) is 15.0 Å². The zero-order chi connectivity index (χ0) is 20.1. The summed E-state index contributed by atoms with van der Waals surface area (Å²) in [6.45, 7) is 2.04. The number of phenols is 1. The van der Waals surface area contributed by atoms with Crippen molar-refractivity contribution >= 4 is 23.6 Å². The second-order valence-corrected chi connectivity index (χ2v) is 7.32. The average Bonchev–Trinajstić information content (AvgIpc) is 3.02. The molecular formula is C21H22N2O4S. The molecule has 0 spiro atoms. The van der Waals surface area contributed by atoms with Crippen LogP contribution >= 0.6 is 11.8 Å². The Balaban J connectivity index is 1.95. The number of hydrogen-bond donors (Lipinski definition) is 2. The topological polar surface area (TPSA) is 78.9 Å². The largest absolute Gasteiger partial charge is 0.507 e. The summed E-state index contributed by atoms with van der Waals surface area (Å²) < 4.78 is 5.44. The molecule has 0 bridgehead atoms. The first kappa shape index (κ1) is 19.8. The number of thioether (sulfide) groups is 1. The summed E-state index contributed by atoms with van der Waals surface area (Å²) in [7, 11) is 1.57. The highest BCUT2D eigenvalue weighted by molar-refractivity contribution is 8.04. The smallest absolute Gasteiger partial charge is 0.279 e. The number of allylic oxidation sites excluding steroid dienone is 1. The van der Waals surface area contributed by atoms with Crippen molar-refractivity contribution in [2.45, 2.75) is 25.1 Å². The van der Waals surface area contributed by atoms with Gasteiger partial charge in [-0.1, -0.05) is 61.5 Å². The number of carbonyl (C=O) groups excluding carboxylic acids is 2. The fraction of sp³-hybridized carbons (Fsp3) is 0.238. The molecular weight excluding hydrogens is 376 g/mol. The Bertz CT molecular complexity index is 913. The first-order chi connectivity index (χ1) is 13.6. The summed E-state index contributed by atoms with van der Waals surface area (Å²) in [6, 6.07) is 13.6. The summed E-state index contributed by atoms with van der Waals surface area (Å²) in [5.41, 5.74) is 3.54. The zero-order valence-corrected chi connectivity index (χ0v) is 16.5. The zero-order valence-electron chi connectivity index (χ0n) is 15.7. The molecule has 0 radical (unpaired) electrons. The first-order valence-electron chi connectivity index (χ1n) is 8.99. The van der Waals surface area contributed by atoms with Crippen LogP contribution in [0, 0.1) is 0 Å². The lowest BCUT2D eigenvalue weighted by Gasteiger charge is -2.25. The highest BCUT2D eigenvalue weighted by Crippen LogP contribution is 2.47. The fourth-order valence-corrected chi connectivity index (χ4v) is 4.11. The van der Waals surface area contributed by atoms with Crippen molar-refractivity contribution in [3.63, 3.8) is 0 Å². The summed E-state index contributed by atoms with van der Waals surface area (Å²) >= 11 is 1.37. The van der Waals surface area contributed by atoms with E-state index in [0.717, 1.165) is 18.4 Å². The Morgan fingerprint density at radius 1 is 1.25 bits per heavy atom. The van der Waals surface area contributed by atoms with Gasteiger partial charge in [0.15, 0.2) is 0 Å². The molecule has 1 aliphatic heterocycles. The van der Waals surface area contributed by atoms with Gasteiger partial charge in [-0.15, -0.1) is 0 Å². The maximum absolute atomic E-state index is 13.0. The molecule has 1 heterocycles. The van der Waals surface area contributed by atoms with Crippen LogP contribution in [0.2, 0.25) is 0 Å². The number of phenolic OH excluding ortho intramolecular Hbond substituents is 1. The SMILES string of the molecule is CCC/C=C1\SC(c2ccccc2OC)N(NC(=O)c2ccccc2O)C1=O. The second-order valence-electron chi connectivity index (χ2n) is 6.20. The normalized spacial score (nSPS) is 17.8. The van der Waals surface area contributed by atoms with E-state index < -0.39 is 11.3 Å². The minimum Gasteiger partial charge on any atom is -0.507 e. The summed E-state index contributed by atoms with van der Waals surface area (Å²) in [5.74, 6) is -0.344. The standard InChI is InChI=1S/C21H22N2O4S/c1-3-4-13-18-20(26)23(22-19(25)14-9-5-7-11-16(14)24)21(28-18)15-10-6-8-12-17(15)27-2/h5-13,21,24H,3-4H2,1-2H3,(H,22,25)/b18-13-. The Hall–Kier alpha value is -2.93. The van der Waals surface area contributed by atoms with Crippen molar-refractivity contribution in [3.8, 4) is 11.5 Å². The third kappa shape index (κ3) is 3.99. The van der Waals surface area contributed by atoms with Gasteiger partial charge < -0.3 is 9.84 Å². The van der Waals surface area contributed by atoms with Gasteiger partial charge in [-0.2, -0.15) is 0 Å². The molecule has 146 valence electrons. The van der Waals surface area contributed by atoms with Crippen LogP contribution in [-0.4, -0.2) is 29.0 Å². The van der Waals surface area contributed by atoms with Gasteiger partial charge in [0.05, 0.1) is 17.6 Å². The molecule has 0 saturated carbocycles. The summed E-state index contributed by atoms with van der Waals surface area (Å²) in [5, 5.41) is 10.8. The lowest BCUT2D eigenvalue weighted by atomic mass is 10.2. The van der Waals surface area contributed by atoms with E-state index in [9.17, 15) is 14.7 Å². The van der Waals surface area contributed by atoms with Crippen molar-refractivity contribution in [1.82, 2.24) is 10.4 Å². The second kappa shape index (κ2) is 8.84. The van der Waals surface area contributed by atoms with Gasteiger partial charge in [0.1, 0.15) is 16.9 Å². The van der Waals surface area contributed by atoms with Gasteiger partial charge in [0, 0.05) is 5.56 Å². The minimum atomic E-state index is -0.552. The van der Waals surface area contributed by atoms with Gasteiger partial charge in [-0.25, -0.2) is 5.01 Å². The van der Waals surface area contributed by atoms with E-state index >= 15 is 0 Å². The van der Waals surface area contributed by atoms with Gasteiger partial charge in [0.2, 0.25) is 0 Å². The number of aromatic hydroxyl groups is 1. The van der Waals surface area contributed by atoms with Crippen LogP contribution in [0.4, 0.5) is 0 Å². The number of nitrogens with zero attached hydrogens (tertiary/aromatic N) is 1. The van der Waals surface area contributed by atoms with Crippen molar-refractivity contribution in [2.75, 3.05) is 7.11 Å². The van der Waals surface area contributed by atoms with Gasteiger partial charge >= 0.3 is 0 Å². The summed E-state index contributed by atoms with van der Waals surface area (Å²) in [6.07, 6.45) is 3.58. The number of para-hydroxylation sites is 2. The molecule has 1 fully saturated rings. The number of ether oxygens (including phenoxy) is 1. The van der Waals surface area contributed by atoms with Crippen LogP contribution in [0.15, 0.2) is 59.5 Å². The predicted octanol–water partition coefficient (Wildman–Crippen LogP) is 4.00. The van der Waals surface area contributed by atoms with Gasteiger partial charge in [-0.05, 0) is 24.6 Å². The molecule has 7 heteroatoms. The summed E-state index contributed by atoms with van der Waals surface area (Å²) in [4.78, 5) is 26.2. The van der Waals surface area contributed by atoms with Crippen LogP contribution < -0.4 is 10.2 Å². The van der Waals surface area contributed by atoms with E-state index in [2.05, 4.69) is 5.43 Å². The molecule has 1 aliphatic rings. The van der Waals surface area contributed by atoms with Crippen molar-refractivity contribution in [3.05, 3.63) is 70.6 Å². The van der Waals surface area contributed by atoms with Crippen LogP contribution in [0.3, 0.4) is 0 Å². The average molecular weight is 398 g/mol. The molecule has 28 heavy (non-hydrogen) atoms. The van der Waals surface area contributed by atoms with Crippen molar-refractivity contribution in [2.24, 2.45) is 0 Å². The fourth-order valence-electron chi connectivity index (χ4n) is 2.88. The van der Waals surface area contributed by atoms with Crippen LogP contribution in [0.25, 0.3) is 0 Å².